The Hall–Kier alpha value is -2.37. The highest BCUT2D eigenvalue weighted by Gasteiger charge is 2.42. The minimum atomic E-state index is -0.620. The summed E-state index contributed by atoms with van der Waals surface area (Å²) in [4.78, 5) is 42.1. The summed E-state index contributed by atoms with van der Waals surface area (Å²) in [5.74, 6) is 0.0557. The number of likely N-dealkylation sites (N-methyl/N-ethyl adjacent to an activating group) is 1. The van der Waals surface area contributed by atoms with Crippen molar-refractivity contribution in [1.29, 1.82) is 0 Å². The van der Waals surface area contributed by atoms with Crippen LogP contribution >= 0.6 is 0 Å². The minimum absolute atomic E-state index is 0.0361. The molecule has 2 heterocycles. The maximum absolute atomic E-state index is 12.9. The molecule has 3 amide bonds. The van der Waals surface area contributed by atoms with Crippen molar-refractivity contribution in [2.75, 3.05) is 38.1 Å². The maximum Gasteiger partial charge on any atom is 0.253 e. The van der Waals surface area contributed by atoms with Gasteiger partial charge in [0.05, 0.1) is 5.41 Å². The zero-order valence-corrected chi connectivity index (χ0v) is 15.3. The Morgan fingerprint density at radius 2 is 1.68 bits per heavy atom. The quantitative estimate of drug-likeness (QED) is 0.779. The Morgan fingerprint density at radius 3 is 2.36 bits per heavy atom. The second-order valence-corrected chi connectivity index (χ2v) is 7.37. The summed E-state index contributed by atoms with van der Waals surface area (Å²) in [5.41, 5.74) is 1.74. The summed E-state index contributed by atoms with van der Waals surface area (Å²) in [7, 11) is 1.77. The second kappa shape index (κ2) is 6.17. The van der Waals surface area contributed by atoms with E-state index in [2.05, 4.69) is 0 Å². The van der Waals surface area contributed by atoms with E-state index in [4.69, 9.17) is 0 Å². The van der Waals surface area contributed by atoms with E-state index >= 15 is 0 Å². The van der Waals surface area contributed by atoms with E-state index in [0.717, 1.165) is 17.7 Å². The Labute approximate surface area is 148 Å². The SMILES string of the molecule is CC(=O)N1CCCN(C(=O)c2ccc3c(c2)C(C)(C)C(=O)N3C)CC1. The van der Waals surface area contributed by atoms with E-state index in [0.29, 0.717) is 31.7 Å². The first-order valence-electron chi connectivity index (χ1n) is 8.71. The van der Waals surface area contributed by atoms with Gasteiger partial charge >= 0.3 is 0 Å². The standard InChI is InChI=1S/C19H25N3O3/c1-13(23)21-8-5-9-22(11-10-21)17(24)14-6-7-16-15(12-14)19(2,3)18(25)20(16)4/h6-7,12H,5,8-11H2,1-4H3. The van der Waals surface area contributed by atoms with Gasteiger partial charge in [-0.05, 0) is 44.0 Å². The van der Waals surface area contributed by atoms with Crippen molar-refractivity contribution in [2.24, 2.45) is 0 Å². The molecule has 1 aromatic rings. The van der Waals surface area contributed by atoms with Crippen molar-refractivity contribution in [3.63, 3.8) is 0 Å². The highest BCUT2D eigenvalue weighted by molar-refractivity contribution is 6.08. The van der Waals surface area contributed by atoms with Crippen molar-refractivity contribution in [1.82, 2.24) is 9.80 Å². The summed E-state index contributed by atoms with van der Waals surface area (Å²) in [6, 6.07) is 5.50. The highest BCUT2D eigenvalue weighted by atomic mass is 16.2. The van der Waals surface area contributed by atoms with E-state index in [9.17, 15) is 14.4 Å². The van der Waals surface area contributed by atoms with Crippen LogP contribution in [0.5, 0.6) is 0 Å². The number of nitrogens with zero attached hydrogens (tertiary/aromatic N) is 3. The van der Waals surface area contributed by atoms with Crippen molar-refractivity contribution in [3.8, 4) is 0 Å². The van der Waals surface area contributed by atoms with Crippen LogP contribution in [-0.4, -0.2) is 60.7 Å². The molecule has 0 N–H and O–H groups in total. The van der Waals surface area contributed by atoms with Gasteiger partial charge in [-0.3, -0.25) is 14.4 Å². The molecule has 0 radical (unpaired) electrons. The maximum atomic E-state index is 12.9. The predicted molar refractivity (Wildman–Crippen MR) is 95.7 cm³/mol. The van der Waals surface area contributed by atoms with Gasteiger partial charge in [0.1, 0.15) is 0 Å². The molecule has 0 aromatic heterocycles. The van der Waals surface area contributed by atoms with Crippen LogP contribution in [0.1, 0.15) is 43.1 Å². The first-order chi connectivity index (χ1) is 11.7. The Bertz CT molecular complexity index is 741. The third-order valence-electron chi connectivity index (χ3n) is 5.35. The molecule has 1 fully saturated rings. The Kier molecular flexibility index (Phi) is 4.31. The van der Waals surface area contributed by atoms with Crippen molar-refractivity contribution >= 4 is 23.4 Å². The van der Waals surface area contributed by atoms with Crippen LogP contribution in [0.25, 0.3) is 0 Å². The fourth-order valence-corrected chi connectivity index (χ4v) is 3.72. The van der Waals surface area contributed by atoms with E-state index in [1.54, 1.807) is 34.7 Å². The van der Waals surface area contributed by atoms with Crippen LogP contribution in [-0.2, 0) is 15.0 Å². The molecular weight excluding hydrogens is 318 g/mol. The summed E-state index contributed by atoms with van der Waals surface area (Å²) in [6.45, 7) is 7.78. The van der Waals surface area contributed by atoms with Gasteiger partial charge in [0.25, 0.3) is 5.91 Å². The second-order valence-electron chi connectivity index (χ2n) is 7.37. The van der Waals surface area contributed by atoms with Crippen LogP contribution in [0.15, 0.2) is 18.2 Å². The van der Waals surface area contributed by atoms with Crippen molar-refractivity contribution in [2.45, 2.75) is 32.6 Å². The zero-order valence-electron chi connectivity index (χ0n) is 15.3. The molecular formula is C19H25N3O3. The number of rotatable bonds is 1. The molecule has 0 atom stereocenters. The van der Waals surface area contributed by atoms with Gasteiger partial charge in [0, 0.05) is 51.4 Å². The van der Waals surface area contributed by atoms with E-state index in [1.807, 2.05) is 26.0 Å². The highest BCUT2D eigenvalue weighted by Crippen LogP contribution is 2.41. The first kappa shape index (κ1) is 17.5. The average Bonchev–Trinajstić information content (AvgIpc) is 2.79. The van der Waals surface area contributed by atoms with Gasteiger partial charge in [-0.2, -0.15) is 0 Å². The predicted octanol–water partition coefficient (Wildman–Crippen LogP) is 1.64. The average molecular weight is 343 g/mol. The molecule has 0 aliphatic carbocycles. The van der Waals surface area contributed by atoms with Crippen molar-refractivity contribution in [3.05, 3.63) is 29.3 Å². The van der Waals surface area contributed by atoms with Gasteiger partial charge in [-0.15, -0.1) is 0 Å². The van der Waals surface area contributed by atoms with Crippen molar-refractivity contribution < 1.29 is 14.4 Å². The van der Waals surface area contributed by atoms with Crippen LogP contribution < -0.4 is 4.90 Å². The molecule has 1 saturated heterocycles. The number of carbonyl (C=O) groups is 3. The summed E-state index contributed by atoms with van der Waals surface area (Å²) in [6.07, 6.45) is 0.781. The van der Waals surface area contributed by atoms with Gasteiger partial charge in [-0.1, -0.05) is 0 Å². The lowest BCUT2D eigenvalue weighted by atomic mass is 9.85. The molecule has 0 bridgehead atoms. The molecule has 25 heavy (non-hydrogen) atoms. The molecule has 2 aliphatic heterocycles. The van der Waals surface area contributed by atoms with Gasteiger partial charge in [0.15, 0.2) is 0 Å². The molecule has 6 heteroatoms. The smallest absolute Gasteiger partial charge is 0.253 e. The third kappa shape index (κ3) is 2.90. The lowest BCUT2D eigenvalue weighted by Crippen LogP contribution is -2.36. The largest absolute Gasteiger partial charge is 0.341 e. The Balaban J connectivity index is 1.84. The lowest BCUT2D eigenvalue weighted by molar-refractivity contribution is -0.128. The van der Waals surface area contributed by atoms with Crippen LogP contribution in [0.2, 0.25) is 0 Å². The first-order valence-corrected chi connectivity index (χ1v) is 8.71. The molecule has 0 unspecified atom stereocenters. The molecule has 6 nitrogen and oxygen atoms in total. The summed E-state index contributed by atoms with van der Waals surface area (Å²) in [5, 5.41) is 0. The number of hydrogen-bond donors (Lipinski definition) is 0. The van der Waals surface area contributed by atoms with E-state index in [1.165, 1.54) is 0 Å². The zero-order chi connectivity index (χ0) is 18.4. The summed E-state index contributed by atoms with van der Waals surface area (Å²) >= 11 is 0. The molecule has 2 aliphatic rings. The van der Waals surface area contributed by atoms with Gasteiger partial charge in [0.2, 0.25) is 11.8 Å². The number of fused-ring (bicyclic) bond motifs is 1. The fraction of sp³-hybridized carbons (Fsp3) is 0.526. The molecule has 3 rings (SSSR count). The number of benzene rings is 1. The fourth-order valence-electron chi connectivity index (χ4n) is 3.72. The van der Waals surface area contributed by atoms with Gasteiger partial charge in [-0.25, -0.2) is 0 Å². The topological polar surface area (TPSA) is 60.9 Å². The van der Waals surface area contributed by atoms with E-state index in [-0.39, 0.29) is 17.7 Å². The number of hydrogen-bond acceptors (Lipinski definition) is 3. The van der Waals surface area contributed by atoms with Gasteiger partial charge < -0.3 is 14.7 Å². The molecule has 1 aromatic carbocycles. The monoisotopic (exact) mass is 343 g/mol. The summed E-state index contributed by atoms with van der Waals surface area (Å²) < 4.78 is 0. The molecule has 0 spiro atoms. The van der Waals surface area contributed by atoms with E-state index < -0.39 is 5.41 Å². The Morgan fingerprint density at radius 1 is 1.04 bits per heavy atom. The third-order valence-corrected chi connectivity index (χ3v) is 5.35. The molecule has 134 valence electrons. The lowest BCUT2D eigenvalue weighted by Gasteiger charge is -2.22. The normalized spacial score (nSPS) is 19.7. The number of amides is 3. The molecule has 0 saturated carbocycles. The number of anilines is 1. The van der Waals surface area contributed by atoms with Crippen LogP contribution in [0, 0.1) is 0 Å². The minimum Gasteiger partial charge on any atom is -0.341 e. The number of carbonyl (C=O) groups excluding carboxylic acids is 3. The van der Waals surface area contributed by atoms with Crippen LogP contribution in [0.4, 0.5) is 5.69 Å². The van der Waals surface area contributed by atoms with Crippen LogP contribution in [0.3, 0.4) is 0 Å².